The van der Waals surface area contributed by atoms with Crippen LogP contribution in [0.2, 0.25) is 0 Å². The van der Waals surface area contributed by atoms with Crippen LogP contribution in [-0.2, 0) is 6.42 Å². The quantitative estimate of drug-likeness (QED) is 0.600. The molecule has 0 N–H and O–H groups in total. The van der Waals surface area contributed by atoms with E-state index in [0.717, 1.165) is 19.9 Å². The lowest BCUT2D eigenvalue weighted by Gasteiger charge is -1.98. The molecule has 3 rings (SSSR count). The molecule has 0 saturated heterocycles. The molecule has 0 unspecified atom stereocenters. The topological polar surface area (TPSA) is 43.1 Å². The summed E-state index contributed by atoms with van der Waals surface area (Å²) in [5.74, 6) is 0.305. The molecule has 0 saturated carbocycles. The largest absolute Gasteiger partial charge is 0.452 e. The maximum absolute atomic E-state index is 12.3. The van der Waals surface area contributed by atoms with Crippen molar-refractivity contribution in [2.45, 2.75) is 6.42 Å². The molecular weight excluding hydrogens is 386 g/mol. The van der Waals surface area contributed by atoms with E-state index in [2.05, 4.69) is 36.8 Å². The molecule has 100 valence electrons. The Kier molecular flexibility index (Phi) is 3.72. The monoisotopic (exact) mass is 393 g/mol. The number of carbonyl (C=O) groups excluding carboxylic acids is 1. The molecule has 0 spiro atoms. The van der Waals surface area contributed by atoms with Crippen LogP contribution in [0.15, 0.2) is 56.1 Å². The Hall–Kier alpha value is -1.46. The van der Waals surface area contributed by atoms with E-state index in [9.17, 15) is 4.79 Å². The Bertz CT molecular complexity index is 795. The number of aromatic nitrogens is 1. The fourth-order valence-corrected chi connectivity index (χ4v) is 2.86. The predicted molar refractivity (Wildman–Crippen MR) is 83.9 cm³/mol. The van der Waals surface area contributed by atoms with Gasteiger partial charge < -0.3 is 4.42 Å². The summed E-state index contributed by atoms with van der Waals surface area (Å²) in [5.41, 5.74) is 1.55. The highest BCUT2D eigenvalue weighted by molar-refractivity contribution is 9.11. The highest BCUT2D eigenvalue weighted by Gasteiger charge is 2.14. The van der Waals surface area contributed by atoms with Gasteiger partial charge in [-0.05, 0) is 55.6 Å². The van der Waals surface area contributed by atoms with Crippen LogP contribution in [0.5, 0.6) is 0 Å². The van der Waals surface area contributed by atoms with E-state index in [0.29, 0.717) is 11.3 Å². The van der Waals surface area contributed by atoms with Crippen molar-refractivity contribution in [3.05, 3.63) is 63.0 Å². The van der Waals surface area contributed by atoms with Crippen molar-refractivity contribution in [3.8, 4) is 0 Å². The third-order valence-corrected chi connectivity index (χ3v) is 3.96. The first kappa shape index (κ1) is 13.5. The third kappa shape index (κ3) is 2.69. The summed E-state index contributed by atoms with van der Waals surface area (Å²) in [5, 5.41) is 0.912. The summed E-state index contributed by atoms with van der Waals surface area (Å²) >= 11 is 6.76. The van der Waals surface area contributed by atoms with E-state index < -0.39 is 0 Å². The van der Waals surface area contributed by atoms with Gasteiger partial charge >= 0.3 is 0 Å². The summed E-state index contributed by atoms with van der Waals surface area (Å²) in [6, 6.07) is 9.37. The first-order valence-electron chi connectivity index (χ1n) is 5.94. The van der Waals surface area contributed by atoms with Crippen molar-refractivity contribution in [3.63, 3.8) is 0 Å². The lowest BCUT2D eigenvalue weighted by atomic mass is 10.1. The van der Waals surface area contributed by atoms with E-state index in [-0.39, 0.29) is 12.2 Å². The molecular formula is C15H9Br2NO2. The van der Waals surface area contributed by atoms with Crippen molar-refractivity contribution in [2.24, 2.45) is 0 Å². The van der Waals surface area contributed by atoms with E-state index >= 15 is 0 Å². The molecule has 2 heterocycles. The van der Waals surface area contributed by atoms with Gasteiger partial charge in [-0.1, -0.05) is 12.1 Å². The molecule has 0 atom stereocenters. The highest BCUT2D eigenvalue weighted by atomic mass is 79.9. The molecule has 0 aliphatic carbocycles. The first-order chi connectivity index (χ1) is 9.63. The van der Waals surface area contributed by atoms with Gasteiger partial charge in [0, 0.05) is 28.7 Å². The number of hydrogen-bond acceptors (Lipinski definition) is 3. The van der Waals surface area contributed by atoms with E-state index in [4.69, 9.17) is 4.42 Å². The third-order valence-electron chi connectivity index (χ3n) is 2.90. The molecule has 5 heteroatoms. The molecule has 0 bridgehead atoms. The smallest absolute Gasteiger partial charge is 0.202 e. The van der Waals surface area contributed by atoms with E-state index in [1.54, 1.807) is 18.5 Å². The number of furan rings is 1. The second-order valence-corrected chi connectivity index (χ2v) is 6.15. The number of hydrogen-bond donors (Lipinski definition) is 0. The summed E-state index contributed by atoms with van der Waals surface area (Å²) in [6.07, 6.45) is 3.64. The van der Waals surface area contributed by atoms with Crippen LogP contribution >= 0.6 is 31.9 Å². The van der Waals surface area contributed by atoms with E-state index in [1.807, 2.05) is 24.3 Å². The van der Waals surface area contributed by atoms with Crippen LogP contribution in [-0.4, -0.2) is 10.8 Å². The number of Topliss-reactive ketones (excluding diaryl/α,β-unsaturated/α-hetero) is 1. The summed E-state index contributed by atoms with van der Waals surface area (Å²) in [4.78, 5) is 16.3. The van der Waals surface area contributed by atoms with Crippen LogP contribution in [0.4, 0.5) is 0 Å². The molecule has 0 fully saturated rings. The average molecular weight is 395 g/mol. The van der Waals surface area contributed by atoms with Gasteiger partial charge in [-0.2, -0.15) is 0 Å². The second kappa shape index (κ2) is 5.50. The standard InChI is InChI=1S/C15H9Br2NO2/c16-11-4-9(7-18-8-11)5-13(19)14-6-10-2-1-3-12(17)15(10)20-14/h1-4,6-8H,5H2. The minimum atomic E-state index is -0.0620. The Morgan fingerprint density at radius 1 is 1.20 bits per heavy atom. The Morgan fingerprint density at radius 2 is 2.05 bits per heavy atom. The minimum Gasteiger partial charge on any atom is -0.452 e. The Balaban J connectivity index is 1.91. The van der Waals surface area contributed by atoms with Crippen LogP contribution < -0.4 is 0 Å². The van der Waals surface area contributed by atoms with Crippen molar-refractivity contribution >= 4 is 48.6 Å². The van der Waals surface area contributed by atoms with Gasteiger partial charge in [0.05, 0.1) is 4.47 Å². The summed E-state index contributed by atoms with van der Waals surface area (Å²) in [6.45, 7) is 0. The minimum absolute atomic E-state index is 0.0620. The zero-order chi connectivity index (χ0) is 14.1. The molecule has 3 nitrogen and oxygen atoms in total. The number of nitrogens with zero attached hydrogens (tertiary/aromatic N) is 1. The second-order valence-electron chi connectivity index (χ2n) is 4.38. The van der Waals surface area contributed by atoms with Crippen molar-refractivity contribution in [2.75, 3.05) is 0 Å². The highest BCUT2D eigenvalue weighted by Crippen LogP contribution is 2.27. The Labute approximate surface area is 132 Å². The predicted octanol–water partition coefficient (Wildman–Crippen LogP) is 4.78. The molecule has 0 aliphatic rings. The summed E-state index contributed by atoms with van der Waals surface area (Å²) < 4.78 is 7.34. The lowest BCUT2D eigenvalue weighted by molar-refractivity contribution is 0.0968. The lowest BCUT2D eigenvalue weighted by Crippen LogP contribution is -2.02. The van der Waals surface area contributed by atoms with Gasteiger partial charge in [-0.3, -0.25) is 9.78 Å². The zero-order valence-electron chi connectivity index (χ0n) is 10.3. The molecule has 20 heavy (non-hydrogen) atoms. The number of fused-ring (bicyclic) bond motifs is 1. The fourth-order valence-electron chi connectivity index (χ4n) is 1.99. The van der Waals surface area contributed by atoms with Crippen molar-refractivity contribution in [1.82, 2.24) is 4.98 Å². The van der Waals surface area contributed by atoms with Gasteiger partial charge in [-0.15, -0.1) is 0 Å². The number of para-hydroxylation sites is 1. The first-order valence-corrected chi connectivity index (χ1v) is 7.53. The molecule has 3 aromatic rings. The number of halogens is 2. The summed E-state index contributed by atoms with van der Waals surface area (Å²) in [7, 11) is 0. The van der Waals surface area contributed by atoms with Crippen LogP contribution in [0.3, 0.4) is 0 Å². The number of benzene rings is 1. The van der Waals surface area contributed by atoms with Gasteiger partial charge in [0.25, 0.3) is 0 Å². The number of ketones is 1. The van der Waals surface area contributed by atoms with Crippen LogP contribution in [0.1, 0.15) is 16.1 Å². The molecule has 0 aliphatic heterocycles. The fraction of sp³-hybridized carbons (Fsp3) is 0.0667. The van der Waals surface area contributed by atoms with Gasteiger partial charge in [0.15, 0.2) is 5.76 Å². The van der Waals surface area contributed by atoms with Gasteiger partial charge in [-0.25, -0.2) is 0 Å². The zero-order valence-corrected chi connectivity index (χ0v) is 13.4. The van der Waals surface area contributed by atoms with Crippen molar-refractivity contribution < 1.29 is 9.21 Å². The molecule has 1 aromatic carbocycles. The van der Waals surface area contributed by atoms with Crippen LogP contribution in [0, 0.1) is 0 Å². The SMILES string of the molecule is O=C(Cc1cncc(Br)c1)c1cc2cccc(Br)c2o1. The van der Waals surface area contributed by atoms with E-state index in [1.165, 1.54) is 0 Å². The molecule has 0 radical (unpaired) electrons. The number of rotatable bonds is 3. The molecule has 2 aromatic heterocycles. The Morgan fingerprint density at radius 3 is 2.80 bits per heavy atom. The number of pyridine rings is 1. The van der Waals surface area contributed by atoms with Gasteiger partial charge in [0.2, 0.25) is 5.78 Å². The number of carbonyl (C=O) groups is 1. The maximum atomic E-state index is 12.3. The normalized spacial score (nSPS) is 10.9. The molecule has 0 amide bonds. The average Bonchev–Trinajstić information content (AvgIpc) is 2.84. The van der Waals surface area contributed by atoms with Gasteiger partial charge in [0.1, 0.15) is 5.58 Å². The van der Waals surface area contributed by atoms with Crippen molar-refractivity contribution in [1.29, 1.82) is 0 Å². The maximum Gasteiger partial charge on any atom is 0.202 e. The van der Waals surface area contributed by atoms with Crippen LogP contribution in [0.25, 0.3) is 11.0 Å².